The zero-order chi connectivity index (χ0) is 12.1. The lowest BCUT2D eigenvalue weighted by Gasteiger charge is -2.04. The molecule has 0 amide bonds. The number of hydrogen-bond acceptors (Lipinski definition) is 4. The molecule has 5 nitrogen and oxygen atoms in total. The molecule has 0 spiro atoms. The van der Waals surface area contributed by atoms with Crippen LogP contribution in [0.5, 0.6) is 0 Å². The fourth-order valence-corrected chi connectivity index (χ4v) is 1.51. The molecule has 1 aromatic carbocycles. The van der Waals surface area contributed by atoms with Crippen molar-refractivity contribution in [2.45, 2.75) is 6.42 Å². The van der Waals surface area contributed by atoms with Gasteiger partial charge in [0.1, 0.15) is 0 Å². The summed E-state index contributed by atoms with van der Waals surface area (Å²) in [6, 6.07) is 7.63. The summed E-state index contributed by atoms with van der Waals surface area (Å²) < 4.78 is 0. The van der Waals surface area contributed by atoms with Crippen LogP contribution < -0.4 is 11.0 Å². The molecule has 0 aliphatic heterocycles. The first kappa shape index (κ1) is 11.6. The Morgan fingerprint density at radius 1 is 1.29 bits per heavy atom. The monoisotopic (exact) mass is 250 g/mol. The summed E-state index contributed by atoms with van der Waals surface area (Å²) in [7, 11) is 0. The van der Waals surface area contributed by atoms with E-state index in [9.17, 15) is 4.79 Å². The number of nitrogens with one attached hydrogen (secondary N) is 2. The second-order valence-corrected chi connectivity index (χ2v) is 3.91. The molecule has 0 atom stereocenters. The predicted molar refractivity (Wildman–Crippen MR) is 66.3 cm³/mol. The Morgan fingerprint density at radius 2 is 2.06 bits per heavy atom. The molecule has 2 rings (SSSR count). The average Bonchev–Trinajstić information content (AvgIpc) is 2.32. The van der Waals surface area contributed by atoms with E-state index in [4.69, 9.17) is 11.6 Å². The van der Waals surface area contributed by atoms with Crippen molar-refractivity contribution in [3.8, 4) is 0 Å². The smallest absolute Gasteiger partial charge is 0.363 e. The SMILES string of the molecule is O=c1nc(NCCc2ccc(Cl)cc2)cn[nH]1. The Kier molecular flexibility index (Phi) is 3.72. The summed E-state index contributed by atoms with van der Waals surface area (Å²) >= 11 is 5.79. The number of hydrogen-bond donors (Lipinski definition) is 2. The van der Waals surface area contributed by atoms with E-state index < -0.39 is 5.69 Å². The first-order valence-electron chi connectivity index (χ1n) is 5.14. The van der Waals surface area contributed by atoms with E-state index in [0.717, 1.165) is 11.4 Å². The second kappa shape index (κ2) is 5.45. The van der Waals surface area contributed by atoms with Crippen LogP contribution in [0.3, 0.4) is 0 Å². The summed E-state index contributed by atoms with van der Waals surface area (Å²) in [4.78, 5) is 14.6. The number of halogens is 1. The maximum Gasteiger partial charge on any atom is 0.363 e. The quantitative estimate of drug-likeness (QED) is 0.862. The predicted octanol–water partition coefficient (Wildman–Crippen LogP) is 1.47. The molecule has 0 radical (unpaired) electrons. The van der Waals surface area contributed by atoms with Crippen LogP contribution in [0.1, 0.15) is 5.56 Å². The molecule has 0 fully saturated rings. The Balaban J connectivity index is 1.87. The minimum absolute atomic E-state index is 0.457. The molecule has 0 saturated heterocycles. The van der Waals surface area contributed by atoms with E-state index in [1.165, 1.54) is 11.8 Å². The number of nitrogens with zero attached hydrogens (tertiary/aromatic N) is 2. The summed E-state index contributed by atoms with van der Waals surface area (Å²) in [5, 5.41) is 9.60. The highest BCUT2D eigenvalue weighted by Crippen LogP contribution is 2.09. The molecule has 2 N–H and O–H groups in total. The lowest BCUT2D eigenvalue weighted by atomic mass is 10.1. The first-order chi connectivity index (χ1) is 8.24. The molecule has 1 aromatic heterocycles. The van der Waals surface area contributed by atoms with E-state index in [1.54, 1.807) is 0 Å². The van der Waals surface area contributed by atoms with Crippen molar-refractivity contribution in [3.05, 3.63) is 51.5 Å². The van der Waals surface area contributed by atoms with E-state index in [-0.39, 0.29) is 0 Å². The molecule has 1 heterocycles. The molecule has 2 aromatic rings. The Morgan fingerprint density at radius 3 is 2.76 bits per heavy atom. The van der Waals surface area contributed by atoms with Gasteiger partial charge in [0.25, 0.3) is 0 Å². The molecule has 88 valence electrons. The zero-order valence-electron chi connectivity index (χ0n) is 8.98. The number of H-pyrrole nitrogens is 1. The van der Waals surface area contributed by atoms with Crippen molar-refractivity contribution in [1.29, 1.82) is 0 Å². The number of rotatable bonds is 4. The Bertz CT molecular complexity index is 538. The summed E-state index contributed by atoms with van der Waals surface area (Å²) in [5.41, 5.74) is 0.709. The molecule has 17 heavy (non-hydrogen) atoms. The van der Waals surface area contributed by atoms with Crippen molar-refractivity contribution in [2.24, 2.45) is 0 Å². The van der Waals surface area contributed by atoms with Crippen LogP contribution in [0.2, 0.25) is 5.02 Å². The first-order valence-corrected chi connectivity index (χ1v) is 5.52. The van der Waals surface area contributed by atoms with Crippen molar-refractivity contribution in [3.63, 3.8) is 0 Å². The van der Waals surface area contributed by atoms with E-state index in [0.29, 0.717) is 12.4 Å². The molecule has 0 aliphatic rings. The van der Waals surface area contributed by atoms with Crippen molar-refractivity contribution in [1.82, 2.24) is 15.2 Å². The molecule has 6 heteroatoms. The minimum Gasteiger partial charge on any atom is -0.368 e. The van der Waals surface area contributed by atoms with Gasteiger partial charge in [-0.25, -0.2) is 9.89 Å². The van der Waals surface area contributed by atoms with Gasteiger partial charge in [-0.3, -0.25) is 0 Å². The van der Waals surface area contributed by atoms with E-state index in [1.807, 2.05) is 24.3 Å². The molecular weight excluding hydrogens is 240 g/mol. The second-order valence-electron chi connectivity index (χ2n) is 3.48. The Hall–Kier alpha value is -1.88. The maximum absolute atomic E-state index is 10.9. The van der Waals surface area contributed by atoms with Crippen LogP contribution in [0.4, 0.5) is 5.82 Å². The standard InChI is InChI=1S/C11H11ClN4O/c12-9-3-1-8(2-4-9)5-6-13-10-7-14-16-11(17)15-10/h1-4,7H,5-6H2,(H2,13,15,16,17). The van der Waals surface area contributed by atoms with Crippen LogP contribution in [0.15, 0.2) is 35.3 Å². The van der Waals surface area contributed by atoms with Gasteiger partial charge in [-0.1, -0.05) is 23.7 Å². The normalized spacial score (nSPS) is 10.2. The minimum atomic E-state index is -0.457. The van der Waals surface area contributed by atoms with E-state index in [2.05, 4.69) is 20.5 Å². The molecular formula is C11H11ClN4O. The van der Waals surface area contributed by atoms with Crippen molar-refractivity contribution < 1.29 is 0 Å². The van der Waals surface area contributed by atoms with Gasteiger partial charge in [0.15, 0.2) is 5.82 Å². The van der Waals surface area contributed by atoms with Crippen LogP contribution >= 0.6 is 11.6 Å². The number of anilines is 1. The third-order valence-corrected chi connectivity index (χ3v) is 2.45. The van der Waals surface area contributed by atoms with E-state index >= 15 is 0 Å². The zero-order valence-corrected chi connectivity index (χ0v) is 9.74. The van der Waals surface area contributed by atoms with Crippen molar-refractivity contribution >= 4 is 17.4 Å². The van der Waals surface area contributed by atoms with Crippen LogP contribution in [0.25, 0.3) is 0 Å². The largest absolute Gasteiger partial charge is 0.368 e. The van der Waals surface area contributed by atoms with Crippen LogP contribution in [-0.2, 0) is 6.42 Å². The van der Waals surface area contributed by atoms with Gasteiger partial charge in [-0.15, -0.1) is 0 Å². The third-order valence-electron chi connectivity index (χ3n) is 2.20. The highest BCUT2D eigenvalue weighted by Gasteiger charge is 1.96. The fourth-order valence-electron chi connectivity index (χ4n) is 1.38. The molecule has 0 aliphatic carbocycles. The molecule has 0 bridgehead atoms. The lowest BCUT2D eigenvalue weighted by Crippen LogP contribution is -2.15. The maximum atomic E-state index is 10.9. The highest BCUT2D eigenvalue weighted by molar-refractivity contribution is 6.30. The van der Waals surface area contributed by atoms with Gasteiger partial charge in [-0.2, -0.15) is 10.1 Å². The highest BCUT2D eigenvalue weighted by atomic mass is 35.5. The van der Waals surface area contributed by atoms with Crippen LogP contribution in [0, 0.1) is 0 Å². The Labute approximate surface area is 103 Å². The van der Waals surface area contributed by atoms with Gasteiger partial charge in [0.2, 0.25) is 0 Å². The topological polar surface area (TPSA) is 70.7 Å². The van der Waals surface area contributed by atoms with Gasteiger partial charge in [0, 0.05) is 11.6 Å². The fraction of sp³-hybridized carbons (Fsp3) is 0.182. The number of benzene rings is 1. The lowest BCUT2D eigenvalue weighted by molar-refractivity contribution is 0.901. The summed E-state index contributed by atoms with van der Waals surface area (Å²) in [5.74, 6) is 0.475. The van der Waals surface area contributed by atoms with Gasteiger partial charge in [-0.05, 0) is 24.1 Å². The van der Waals surface area contributed by atoms with Crippen molar-refractivity contribution in [2.75, 3.05) is 11.9 Å². The molecule has 0 saturated carbocycles. The van der Waals surface area contributed by atoms with Gasteiger partial charge in [0.05, 0.1) is 6.20 Å². The van der Waals surface area contributed by atoms with Crippen LogP contribution in [-0.4, -0.2) is 21.7 Å². The summed E-state index contributed by atoms with van der Waals surface area (Å²) in [6.07, 6.45) is 2.30. The average molecular weight is 251 g/mol. The van der Waals surface area contributed by atoms with Gasteiger partial charge < -0.3 is 5.32 Å². The summed E-state index contributed by atoms with van der Waals surface area (Å²) in [6.45, 7) is 0.680. The molecule has 0 unspecified atom stereocenters. The number of aromatic amines is 1. The third kappa shape index (κ3) is 3.57. The number of aromatic nitrogens is 3. The van der Waals surface area contributed by atoms with Gasteiger partial charge >= 0.3 is 5.69 Å².